The number of fused-ring (bicyclic) bond motifs is 1. The zero-order chi connectivity index (χ0) is 30.2. The average Bonchev–Trinajstić information content (AvgIpc) is 3.60. The lowest BCUT2D eigenvalue weighted by Crippen LogP contribution is -2.54. The molecule has 12 heteroatoms. The highest BCUT2D eigenvalue weighted by Gasteiger charge is 2.49. The summed E-state index contributed by atoms with van der Waals surface area (Å²) in [5.74, 6) is -7.26. The van der Waals surface area contributed by atoms with Gasteiger partial charge in [0.1, 0.15) is 11.6 Å². The van der Waals surface area contributed by atoms with Crippen molar-refractivity contribution in [2.24, 2.45) is 13.0 Å². The van der Waals surface area contributed by atoms with Gasteiger partial charge >= 0.3 is 11.9 Å². The highest BCUT2D eigenvalue weighted by molar-refractivity contribution is 6.34. The van der Waals surface area contributed by atoms with E-state index < -0.39 is 53.7 Å². The largest absolute Gasteiger partial charge is 0.481 e. The van der Waals surface area contributed by atoms with Gasteiger partial charge in [0.05, 0.1) is 28.3 Å². The molecule has 1 unspecified atom stereocenters. The van der Waals surface area contributed by atoms with Crippen LogP contribution in [-0.4, -0.2) is 57.4 Å². The zero-order valence-corrected chi connectivity index (χ0v) is 23.7. The number of likely N-dealkylation sites (tertiary alicyclic amines) is 1. The Balaban J connectivity index is 1.33. The summed E-state index contributed by atoms with van der Waals surface area (Å²) >= 11 is 6.36. The number of carboxylic acids is 1. The summed E-state index contributed by atoms with van der Waals surface area (Å²) in [7, 11) is 1.70. The van der Waals surface area contributed by atoms with Crippen molar-refractivity contribution in [1.82, 2.24) is 9.47 Å². The standard InChI is InChI=1S/C30H31ClF3N3O5/c1-36-16-22(21-14-19(32)6-9-26(21)36)28(39)35-25-15-24(33)18(12-23(25)31)13-27(38)30(34,37-10-2-3-11-37)42-20-7-4-17(5-8-20)29(40)41/h6,9,12,14-17,20H,2-5,7-8,10-11,13H2,1H3,(H,35,39)(H,40,41). The van der Waals surface area contributed by atoms with E-state index in [1.807, 2.05) is 0 Å². The Bertz CT molecular complexity index is 1530. The lowest BCUT2D eigenvalue weighted by atomic mass is 9.87. The number of aryl methyl sites for hydroxylation is 1. The first-order chi connectivity index (χ1) is 20.0. The summed E-state index contributed by atoms with van der Waals surface area (Å²) in [5, 5.41) is 12.1. The molecule has 1 amide bonds. The van der Waals surface area contributed by atoms with Crippen LogP contribution < -0.4 is 5.32 Å². The third-order valence-electron chi connectivity index (χ3n) is 8.13. The van der Waals surface area contributed by atoms with Crippen molar-refractivity contribution in [3.63, 3.8) is 0 Å². The van der Waals surface area contributed by atoms with E-state index in [1.165, 1.54) is 29.3 Å². The molecular weight excluding hydrogens is 575 g/mol. The molecule has 2 N–H and O–H groups in total. The van der Waals surface area contributed by atoms with Gasteiger partial charge in [-0.3, -0.25) is 14.4 Å². The molecule has 224 valence electrons. The van der Waals surface area contributed by atoms with E-state index in [2.05, 4.69) is 5.32 Å². The number of nitrogens with one attached hydrogen (secondary N) is 1. The van der Waals surface area contributed by atoms with E-state index in [1.54, 1.807) is 11.6 Å². The van der Waals surface area contributed by atoms with Crippen LogP contribution >= 0.6 is 11.6 Å². The molecule has 2 fully saturated rings. The number of carbonyl (C=O) groups excluding carboxylic acids is 2. The second-order valence-electron chi connectivity index (χ2n) is 11.0. The maximum atomic E-state index is 16.4. The normalized spacial score (nSPS) is 20.9. The maximum Gasteiger partial charge on any atom is 0.330 e. The fourth-order valence-corrected chi connectivity index (χ4v) is 6.04. The van der Waals surface area contributed by atoms with E-state index in [0.29, 0.717) is 62.5 Å². The van der Waals surface area contributed by atoms with Crippen molar-refractivity contribution >= 4 is 45.9 Å². The Labute approximate surface area is 245 Å². The molecule has 8 nitrogen and oxygen atoms in total. The van der Waals surface area contributed by atoms with Gasteiger partial charge in [0.15, 0.2) is 0 Å². The third-order valence-corrected chi connectivity index (χ3v) is 8.45. The highest BCUT2D eigenvalue weighted by Crippen LogP contribution is 2.35. The molecule has 2 heterocycles. The van der Waals surface area contributed by atoms with Crippen LogP contribution in [0, 0.1) is 17.6 Å². The topological polar surface area (TPSA) is 101 Å². The van der Waals surface area contributed by atoms with Gasteiger partial charge < -0.3 is 19.7 Å². The Hall–Kier alpha value is -3.41. The van der Waals surface area contributed by atoms with Gasteiger partial charge in [-0.25, -0.2) is 13.7 Å². The number of benzene rings is 2. The maximum absolute atomic E-state index is 16.4. The van der Waals surface area contributed by atoms with Crippen LogP contribution in [0.3, 0.4) is 0 Å². The quantitative estimate of drug-likeness (QED) is 0.297. The SMILES string of the molecule is Cn1cc(C(=O)Nc2cc(F)c(CC(=O)C(F)(OC3CCC(C(=O)O)CC3)N3CCCC3)cc2Cl)c2cc(F)ccc21. The molecule has 0 bridgehead atoms. The molecule has 42 heavy (non-hydrogen) atoms. The number of halogens is 4. The average molecular weight is 606 g/mol. The molecule has 1 aliphatic carbocycles. The number of hydrogen-bond acceptors (Lipinski definition) is 5. The fraction of sp³-hybridized carbons (Fsp3) is 0.433. The number of nitrogens with zero attached hydrogens (tertiary/aromatic N) is 2. The first kappa shape index (κ1) is 30.1. The predicted molar refractivity (Wildman–Crippen MR) is 150 cm³/mol. The molecule has 1 saturated heterocycles. The number of aliphatic carboxylic acids is 1. The van der Waals surface area contributed by atoms with Gasteiger partial charge in [0.25, 0.3) is 5.91 Å². The van der Waals surface area contributed by atoms with Gasteiger partial charge in [0.2, 0.25) is 5.78 Å². The molecule has 1 saturated carbocycles. The summed E-state index contributed by atoms with van der Waals surface area (Å²) < 4.78 is 52.9. The Morgan fingerprint density at radius 3 is 2.45 bits per heavy atom. The highest BCUT2D eigenvalue weighted by atomic mass is 35.5. The van der Waals surface area contributed by atoms with Crippen LogP contribution in [0.15, 0.2) is 36.5 Å². The number of hydrogen-bond donors (Lipinski definition) is 2. The Morgan fingerprint density at radius 1 is 1.10 bits per heavy atom. The number of rotatable bonds is 9. The number of anilines is 1. The smallest absolute Gasteiger partial charge is 0.330 e. The van der Waals surface area contributed by atoms with Crippen molar-refractivity contribution in [2.75, 3.05) is 18.4 Å². The molecule has 1 atom stereocenters. The van der Waals surface area contributed by atoms with E-state index >= 15 is 8.78 Å². The van der Waals surface area contributed by atoms with Crippen LogP contribution in [0.4, 0.5) is 18.9 Å². The predicted octanol–water partition coefficient (Wildman–Crippen LogP) is 5.85. The molecule has 1 aliphatic heterocycles. The molecule has 2 aromatic carbocycles. The minimum Gasteiger partial charge on any atom is -0.481 e. The first-order valence-electron chi connectivity index (χ1n) is 13.9. The Morgan fingerprint density at radius 2 is 1.79 bits per heavy atom. The van der Waals surface area contributed by atoms with E-state index in [-0.39, 0.29) is 21.8 Å². The number of Topliss-reactive ketones (excluding diaryl/α,β-unsaturated/α-hetero) is 1. The van der Waals surface area contributed by atoms with Gasteiger partial charge in [-0.15, -0.1) is 0 Å². The Kier molecular flexibility index (Phi) is 8.63. The van der Waals surface area contributed by atoms with E-state index in [0.717, 1.165) is 12.1 Å². The van der Waals surface area contributed by atoms with Crippen LogP contribution in [0.2, 0.25) is 5.02 Å². The summed E-state index contributed by atoms with van der Waals surface area (Å²) in [4.78, 5) is 39.0. The van der Waals surface area contributed by atoms with Gasteiger partial charge in [-0.2, -0.15) is 4.39 Å². The van der Waals surface area contributed by atoms with E-state index in [9.17, 15) is 23.9 Å². The van der Waals surface area contributed by atoms with E-state index in [4.69, 9.17) is 16.3 Å². The number of ketones is 1. The molecule has 2 aliphatic rings. The molecule has 0 radical (unpaired) electrons. The number of alkyl halides is 1. The minimum atomic E-state index is -2.80. The number of aromatic nitrogens is 1. The van der Waals surface area contributed by atoms with Crippen LogP contribution in [-0.2, 0) is 27.8 Å². The van der Waals surface area contributed by atoms with Gasteiger partial charge in [-0.05, 0) is 74.4 Å². The molecule has 5 rings (SSSR count). The molecule has 1 aromatic heterocycles. The second-order valence-corrected chi connectivity index (χ2v) is 11.4. The summed E-state index contributed by atoms with van der Waals surface area (Å²) in [6.45, 7) is 0.581. The lowest BCUT2D eigenvalue weighted by Gasteiger charge is -2.37. The number of carbonyl (C=O) groups is 3. The van der Waals surface area contributed by atoms with Crippen molar-refractivity contribution < 1.29 is 37.4 Å². The molecule has 3 aromatic rings. The summed E-state index contributed by atoms with van der Waals surface area (Å²) in [5.41, 5.74) is 0.540. The number of carboxylic acid groups (broad SMARTS) is 1. The van der Waals surface area contributed by atoms with Crippen LogP contribution in [0.25, 0.3) is 10.9 Å². The van der Waals surface area contributed by atoms with Crippen molar-refractivity contribution in [3.05, 3.63) is 64.3 Å². The van der Waals surface area contributed by atoms with Gasteiger partial charge in [-0.1, -0.05) is 11.6 Å². The fourth-order valence-electron chi connectivity index (χ4n) is 5.81. The van der Waals surface area contributed by atoms with Gasteiger partial charge in [0, 0.05) is 43.7 Å². The van der Waals surface area contributed by atoms with Crippen molar-refractivity contribution in [1.29, 1.82) is 0 Å². The summed E-state index contributed by atoms with van der Waals surface area (Å²) in [6, 6.07) is 6.16. The molecule has 0 spiro atoms. The molecular formula is C30H31ClF3N3O5. The second kappa shape index (κ2) is 12.1. The lowest BCUT2D eigenvalue weighted by molar-refractivity contribution is -0.252. The zero-order valence-electron chi connectivity index (χ0n) is 23.0. The number of amides is 1. The third kappa shape index (κ3) is 6.04. The van der Waals surface area contributed by atoms with Crippen LogP contribution in [0.5, 0.6) is 0 Å². The minimum absolute atomic E-state index is 0.0683. The summed E-state index contributed by atoms with van der Waals surface area (Å²) in [6.07, 6.45) is 2.78. The van der Waals surface area contributed by atoms with Crippen LogP contribution in [0.1, 0.15) is 54.4 Å². The van der Waals surface area contributed by atoms with Crippen molar-refractivity contribution in [2.45, 2.75) is 57.0 Å². The number of ether oxygens (including phenoxy) is 1. The first-order valence-corrected chi connectivity index (χ1v) is 14.3. The van der Waals surface area contributed by atoms with Crippen molar-refractivity contribution in [3.8, 4) is 0 Å². The monoisotopic (exact) mass is 605 g/mol.